The van der Waals surface area contributed by atoms with Crippen molar-refractivity contribution in [3.8, 4) is 11.1 Å². The van der Waals surface area contributed by atoms with Crippen molar-refractivity contribution in [2.45, 2.75) is 19.1 Å². The van der Waals surface area contributed by atoms with Crippen LogP contribution in [0.25, 0.3) is 11.1 Å². The zero-order valence-electron chi connectivity index (χ0n) is 10.8. The van der Waals surface area contributed by atoms with E-state index in [1.165, 1.54) is 13.8 Å². The number of nitrogens with two attached hydrogens (primary N) is 1. The zero-order valence-corrected chi connectivity index (χ0v) is 11.7. The van der Waals surface area contributed by atoms with Crippen molar-refractivity contribution in [3.63, 3.8) is 0 Å². The van der Waals surface area contributed by atoms with Crippen LogP contribution < -0.4 is 5.73 Å². The summed E-state index contributed by atoms with van der Waals surface area (Å²) in [5, 5.41) is 2.95. The van der Waals surface area contributed by atoms with Crippen LogP contribution in [0.3, 0.4) is 0 Å². The summed E-state index contributed by atoms with van der Waals surface area (Å²) in [6, 6.07) is 2.12. The first kappa shape index (κ1) is 14.4. The molecule has 0 amide bonds. The quantitative estimate of drug-likeness (QED) is 0.880. The summed E-state index contributed by atoms with van der Waals surface area (Å²) in [5.74, 6) is -1.77. The minimum Gasteiger partial charge on any atom is -0.396 e. The lowest BCUT2D eigenvalue weighted by atomic mass is 10.1. The van der Waals surface area contributed by atoms with E-state index in [9.17, 15) is 17.2 Å². The van der Waals surface area contributed by atoms with E-state index in [1.54, 1.807) is 0 Å². The molecule has 2 N–H and O–H groups in total. The van der Waals surface area contributed by atoms with E-state index >= 15 is 0 Å². The number of hydrogen-bond acceptors (Lipinski definition) is 4. The van der Waals surface area contributed by atoms with Crippen molar-refractivity contribution < 1.29 is 17.2 Å². The fourth-order valence-electron chi connectivity index (χ4n) is 1.62. The number of benzene rings is 1. The van der Waals surface area contributed by atoms with Crippen molar-refractivity contribution in [2.75, 3.05) is 5.73 Å². The van der Waals surface area contributed by atoms with Crippen LogP contribution in [0.15, 0.2) is 24.5 Å². The third-order valence-electron chi connectivity index (χ3n) is 2.83. The fraction of sp³-hybridized carbons (Fsp3) is 0.250. The minimum absolute atomic E-state index is 0.0107. The Labute approximate surface area is 115 Å². The molecule has 0 aliphatic heterocycles. The number of aromatic nitrogens is 2. The molecule has 1 aromatic carbocycles. The molecule has 0 spiro atoms. The van der Waals surface area contributed by atoms with E-state index in [0.29, 0.717) is 4.09 Å². The lowest BCUT2D eigenvalue weighted by Crippen LogP contribution is -2.22. The molecular weight excluding hydrogens is 288 g/mol. The smallest absolute Gasteiger partial charge is 0.256 e. The summed E-state index contributed by atoms with van der Waals surface area (Å²) >= 11 is 0. The van der Waals surface area contributed by atoms with Crippen LogP contribution in [0.4, 0.5) is 14.5 Å². The largest absolute Gasteiger partial charge is 0.396 e. The van der Waals surface area contributed by atoms with Gasteiger partial charge in [-0.1, -0.05) is 0 Å². The average Bonchev–Trinajstić information content (AvgIpc) is 2.84. The van der Waals surface area contributed by atoms with Gasteiger partial charge in [0.05, 0.1) is 28.9 Å². The highest BCUT2D eigenvalue weighted by Crippen LogP contribution is 2.29. The molecule has 108 valence electrons. The van der Waals surface area contributed by atoms with Gasteiger partial charge in [-0.15, -0.1) is 0 Å². The van der Waals surface area contributed by atoms with E-state index in [2.05, 4.69) is 5.10 Å². The van der Waals surface area contributed by atoms with Crippen LogP contribution in [0.1, 0.15) is 13.8 Å². The second-order valence-electron chi connectivity index (χ2n) is 4.52. The van der Waals surface area contributed by atoms with Crippen LogP contribution in [0, 0.1) is 11.6 Å². The van der Waals surface area contributed by atoms with Crippen molar-refractivity contribution in [3.05, 3.63) is 36.2 Å². The summed E-state index contributed by atoms with van der Waals surface area (Å²) < 4.78 is 52.1. The van der Waals surface area contributed by atoms with Crippen molar-refractivity contribution in [1.29, 1.82) is 0 Å². The van der Waals surface area contributed by atoms with Gasteiger partial charge in [-0.25, -0.2) is 17.2 Å². The van der Waals surface area contributed by atoms with Gasteiger partial charge < -0.3 is 5.73 Å². The molecule has 0 atom stereocenters. The van der Waals surface area contributed by atoms with E-state index in [1.807, 2.05) is 0 Å². The summed E-state index contributed by atoms with van der Waals surface area (Å²) in [4.78, 5) is 0. The van der Waals surface area contributed by atoms with E-state index in [4.69, 9.17) is 5.73 Å². The third kappa shape index (κ3) is 2.26. The monoisotopic (exact) mass is 301 g/mol. The molecule has 0 unspecified atom stereocenters. The lowest BCUT2D eigenvalue weighted by Gasteiger charge is -2.07. The highest BCUT2D eigenvalue weighted by atomic mass is 32.2. The Bertz CT molecular complexity index is 754. The van der Waals surface area contributed by atoms with Crippen LogP contribution >= 0.6 is 0 Å². The number of anilines is 1. The SMILES string of the molecule is CC(C)S(=O)(=O)n1cc(-c2c(F)ccc(N)c2F)cn1. The first-order valence-corrected chi connectivity index (χ1v) is 7.28. The summed E-state index contributed by atoms with van der Waals surface area (Å²) in [5.41, 5.74) is 4.78. The molecule has 0 radical (unpaired) electrons. The van der Waals surface area contributed by atoms with Gasteiger partial charge in [0.1, 0.15) is 5.82 Å². The molecule has 2 rings (SSSR count). The highest BCUT2D eigenvalue weighted by molar-refractivity contribution is 7.90. The second-order valence-corrected chi connectivity index (χ2v) is 6.87. The van der Waals surface area contributed by atoms with Gasteiger partial charge in [-0.2, -0.15) is 9.19 Å². The van der Waals surface area contributed by atoms with Crippen LogP contribution in [-0.4, -0.2) is 22.9 Å². The first-order valence-electron chi connectivity index (χ1n) is 5.78. The van der Waals surface area contributed by atoms with Crippen molar-refractivity contribution in [2.24, 2.45) is 0 Å². The molecule has 20 heavy (non-hydrogen) atoms. The predicted molar refractivity (Wildman–Crippen MR) is 71.4 cm³/mol. The molecule has 8 heteroatoms. The van der Waals surface area contributed by atoms with Gasteiger partial charge in [0.25, 0.3) is 10.0 Å². The minimum atomic E-state index is -3.67. The maximum Gasteiger partial charge on any atom is 0.256 e. The molecule has 0 aliphatic rings. The van der Waals surface area contributed by atoms with E-state index < -0.39 is 32.5 Å². The summed E-state index contributed by atoms with van der Waals surface area (Å²) in [6.45, 7) is 2.97. The Morgan fingerprint density at radius 3 is 2.55 bits per heavy atom. The third-order valence-corrected chi connectivity index (χ3v) is 4.74. The topological polar surface area (TPSA) is 78.0 Å². The first-order chi connectivity index (χ1) is 9.25. The maximum absolute atomic E-state index is 13.9. The lowest BCUT2D eigenvalue weighted by molar-refractivity contribution is 0.570. The summed E-state index contributed by atoms with van der Waals surface area (Å²) in [7, 11) is -3.67. The van der Waals surface area contributed by atoms with Crippen molar-refractivity contribution >= 4 is 15.7 Å². The molecule has 0 aliphatic carbocycles. The van der Waals surface area contributed by atoms with Crippen LogP contribution in [0.5, 0.6) is 0 Å². The van der Waals surface area contributed by atoms with Crippen LogP contribution in [0.2, 0.25) is 0 Å². The van der Waals surface area contributed by atoms with Crippen molar-refractivity contribution in [1.82, 2.24) is 9.19 Å². The van der Waals surface area contributed by atoms with Gasteiger partial charge in [0, 0.05) is 5.56 Å². The number of hydrogen-bond donors (Lipinski definition) is 1. The standard InChI is InChI=1S/C12H13F2N3O2S/c1-7(2)20(18,19)17-6-8(5-16-17)11-9(13)3-4-10(15)12(11)14/h3-7H,15H2,1-2H3. The van der Waals surface area contributed by atoms with E-state index in [0.717, 1.165) is 24.5 Å². The number of halogens is 2. The second kappa shape index (κ2) is 4.86. The molecule has 0 fully saturated rings. The molecule has 0 saturated carbocycles. The molecule has 1 aromatic heterocycles. The predicted octanol–water partition coefficient (Wildman–Crippen LogP) is 2.00. The maximum atomic E-state index is 13.9. The fourth-order valence-corrected chi connectivity index (χ4v) is 2.49. The Morgan fingerprint density at radius 1 is 1.30 bits per heavy atom. The average molecular weight is 301 g/mol. The Morgan fingerprint density at radius 2 is 1.95 bits per heavy atom. The normalized spacial score (nSPS) is 12.1. The zero-order chi connectivity index (χ0) is 15.1. The number of nitrogens with zero attached hydrogens (tertiary/aromatic N) is 2. The molecule has 0 saturated heterocycles. The number of rotatable bonds is 3. The van der Waals surface area contributed by atoms with E-state index in [-0.39, 0.29) is 11.3 Å². The molecule has 2 aromatic rings. The molecule has 0 bridgehead atoms. The Hall–Kier alpha value is -1.96. The Balaban J connectivity index is 2.58. The summed E-state index contributed by atoms with van der Waals surface area (Å²) in [6.07, 6.45) is 2.15. The van der Waals surface area contributed by atoms with Gasteiger partial charge in [0.15, 0.2) is 5.82 Å². The van der Waals surface area contributed by atoms with Gasteiger partial charge in [-0.3, -0.25) is 0 Å². The highest BCUT2D eigenvalue weighted by Gasteiger charge is 2.22. The number of nitrogen functional groups attached to an aromatic ring is 1. The van der Waals surface area contributed by atoms with Crippen LogP contribution in [-0.2, 0) is 10.0 Å². The molecule has 5 nitrogen and oxygen atoms in total. The van der Waals surface area contributed by atoms with Gasteiger partial charge in [0.2, 0.25) is 0 Å². The van der Waals surface area contributed by atoms with Gasteiger partial charge in [-0.05, 0) is 26.0 Å². The Kier molecular flexibility index (Phi) is 3.51. The molecular formula is C12H13F2N3O2S. The molecule has 1 heterocycles. The van der Waals surface area contributed by atoms with Gasteiger partial charge >= 0.3 is 0 Å².